The van der Waals surface area contributed by atoms with Gasteiger partial charge in [-0.1, -0.05) is 46.8 Å². The maximum atomic E-state index is 4.45. The first-order valence-corrected chi connectivity index (χ1v) is 17.8. The number of hydrogen-bond donors (Lipinski definition) is 2. The van der Waals surface area contributed by atoms with Gasteiger partial charge in [-0.2, -0.15) is 20.1 Å². The van der Waals surface area contributed by atoms with E-state index in [1.54, 1.807) is 40.5 Å². The zero-order chi connectivity index (χ0) is 36.6. The Bertz CT molecular complexity index is 1180. The SMILES string of the molecule is CC(C)C1=NCCCC1.CC(C)C1=NCCN1.CC(C)c1ncc[nH]1.CC(C)n1cccn1.CC(C)n1ccnn1.CC(C)n1nccn1. The number of hydrogen-bond acceptors (Lipinski definition) is 9. The summed E-state index contributed by atoms with van der Waals surface area (Å²) < 4.78 is 3.72. The van der Waals surface area contributed by atoms with Crippen molar-refractivity contribution in [2.24, 2.45) is 21.8 Å². The van der Waals surface area contributed by atoms with Gasteiger partial charge in [0.2, 0.25) is 0 Å². The molecule has 6 rings (SSSR count). The lowest BCUT2D eigenvalue weighted by Crippen LogP contribution is -2.23. The second-order valence-corrected chi connectivity index (χ2v) is 13.5. The maximum Gasteiger partial charge on any atom is 0.108 e. The fourth-order valence-electron chi connectivity index (χ4n) is 4.16. The molecule has 0 aromatic carbocycles. The lowest BCUT2D eigenvalue weighted by Gasteiger charge is -2.13. The average Bonchev–Trinajstić information content (AvgIpc) is 3.92. The molecule has 0 saturated heterocycles. The van der Waals surface area contributed by atoms with Gasteiger partial charge in [0.15, 0.2) is 0 Å². The number of rotatable bonds is 6. The molecule has 13 nitrogen and oxygen atoms in total. The molecule has 0 unspecified atom stereocenters. The molecule has 49 heavy (non-hydrogen) atoms. The van der Waals surface area contributed by atoms with Crippen LogP contribution in [-0.4, -0.2) is 80.9 Å². The number of nitrogens with one attached hydrogen (secondary N) is 2. The lowest BCUT2D eigenvalue weighted by atomic mass is 10.00. The summed E-state index contributed by atoms with van der Waals surface area (Å²) in [5.74, 6) is 4.02. The van der Waals surface area contributed by atoms with Crippen LogP contribution in [0.1, 0.15) is 132 Å². The van der Waals surface area contributed by atoms with E-state index in [2.05, 4.69) is 120 Å². The first-order valence-electron chi connectivity index (χ1n) is 17.8. The molecule has 0 saturated carbocycles. The molecule has 4 aromatic heterocycles. The van der Waals surface area contributed by atoms with Crippen LogP contribution in [-0.2, 0) is 0 Å². The highest BCUT2D eigenvalue weighted by Gasteiger charge is 2.08. The summed E-state index contributed by atoms with van der Waals surface area (Å²) in [5.41, 5.74) is 1.43. The Morgan fingerprint density at radius 2 is 1.33 bits per heavy atom. The van der Waals surface area contributed by atoms with Crippen LogP contribution in [0.3, 0.4) is 0 Å². The molecule has 6 heterocycles. The number of amidine groups is 1. The molecule has 2 N–H and O–H groups in total. The molecule has 0 radical (unpaired) electrons. The molecule has 4 aromatic rings. The molecule has 2 aliphatic heterocycles. The Hall–Kier alpha value is -4.16. The van der Waals surface area contributed by atoms with Gasteiger partial charge in [0, 0.05) is 73.7 Å². The summed E-state index contributed by atoms with van der Waals surface area (Å²) in [5, 5.41) is 22.5. The molecule has 0 aliphatic carbocycles. The summed E-state index contributed by atoms with van der Waals surface area (Å²) in [6.45, 7) is 28.5. The Balaban J connectivity index is 0.000000294. The van der Waals surface area contributed by atoms with Gasteiger partial charge in [0.05, 0.1) is 37.0 Å². The number of aromatic amines is 1. The predicted molar refractivity (Wildman–Crippen MR) is 202 cm³/mol. The van der Waals surface area contributed by atoms with Crippen LogP contribution in [0.25, 0.3) is 0 Å². The van der Waals surface area contributed by atoms with E-state index < -0.39 is 0 Å². The van der Waals surface area contributed by atoms with Gasteiger partial charge in [-0.25, -0.2) is 4.98 Å². The van der Waals surface area contributed by atoms with E-state index in [4.69, 9.17) is 0 Å². The minimum absolute atomic E-state index is 0.380. The van der Waals surface area contributed by atoms with E-state index in [9.17, 15) is 0 Å². The molecule has 0 bridgehead atoms. The van der Waals surface area contributed by atoms with Crippen molar-refractivity contribution in [2.45, 2.75) is 126 Å². The van der Waals surface area contributed by atoms with E-state index >= 15 is 0 Å². The Labute approximate surface area is 295 Å². The number of aliphatic imine (C=N–C) groups is 2. The number of aromatic nitrogens is 10. The van der Waals surface area contributed by atoms with Crippen molar-refractivity contribution in [3.63, 3.8) is 0 Å². The summed E-state index contributed by atoms with van der Waals surface area (Å²) in [7, 11) is 0. The van der Waals surface area contributed by atoms with Gasteiger partial charge < -0.3 is 10.3 Å². The van der Waals surface area contributed by atoms with E-state index in [0.717, 1.165) is 25.5 Å². The first-order chi connectivity index (χ1) is 23.3. The van der Waals surface area contributed by atoms with Gasteiger partial charge in [0.1, 0.15) is 5.82 Å². The third-order valence-electron chi connectivity index (χ3n) is 7.06. The number of imidazole rings is 1. The highest BCUT2D eigenvalue weighted by Crippen LogP contribution is 2.11. The monoisotopic (exact) mass is 680 g/mol. The van der Waals surface area contributed by atoms with E-state index in [-0.39, 0.29) is 0 Å². The Kier molecular flexibility index (Phi) is 21.8. The molecule has 0 spiro atoms. The second kappa shape index (κ2) is 24.9. The van der Waals surface area contributed by atoms with Gasteiger partial charge >= 0.3 is 0 Å². The quantitative estimate of drug-likeness (QED) is 0.213. The highest BCUT2D eigenvalue weighted by atomic mass is 15.5. The van der Waals surface area contributed by atoms with E-state index in [0.29, 0.717) is 35.9 Å². The average molecular weight is 680 g/mol. The molecular formula is C36H65N13. The summed E-state index contributed by atoms with van der Waals surface area (Å²) in [4.78, 5) is 17.4. The van der Waals surface area contributed by atoms with E-state index in [1.165, 1.54) is 30.8 Å². The van der Waals surface area contributed by atoms with Gasteiger partial charge in [0.25, 0.3) is 0 Å². The minimum atomic E-state index is 0.380. The van der Waals surface area contributed by atoms with Crippen molar-refractivity contribution < 1.29 is 0 Å². The van der Waals surface area contributed by atoms with Gasteiger partial charge in [-0.15, -0.1) is 5.10 Å². The predicted octanol–water partition coefficient (Wildman–Crippen LogP) is 7.63. The second-order valence-electron chi connectivity index (χ2n) is 13.5. The smallest absolute Gasteiger partial charge is 0.108 e. The van der Waals surface area contributed by atoms with Crippen molar-refractivity contribution >= 4 is 11.5 Å². The van der Waals surface area contributed by atoms with Crippen molar-refractivity contribution in [3.8, 4) is 0 Å². The van der Waals surface area contributed by atoms with Crippen LogP contribution < -0.4 is 5.32 Å². The fourth-order valence-corrected chi connectivity index (χ4v) is 4.16. The third-order valence-corrected chi connectivity index (χ3v) is 7.06. The molecule has 274 valence electrons. The first kappa shape index (κ1) is 42.9. The third kappa shape index (κ3) is 19.4. The van der Waals surface area contributed by atoms with Crippen molar-refractivity contribution in [1.82, 2.24) is 55.1 Å². The van der Waals surface area contributed by atoms with Crippen LogP contribution in [0, 0.1) is 11.8 Å². The van der Waals surface area contributed by atoms with Crippen molar-refractivity contribution in [3.05, 3.63) is 61.5 Å². The summed E-state index contributed by atoms with van der Waals surface area (Å²) in [6, 6.07) is 3.23. The summed E-state index contributed by atoms with van der Waals surface area (Å²) >= 11 is 0. The molecule has 0 atom stereocenters. The molecule has 13 heteroatoms. The molecule has 0 fully saturated rings. The zero-order valence-corrected chi connectivity index (χ0v) is 32.3. The van der Waals surface area contributed by atoms with Crippen LogP contribution in [0.15, 0.2) is 65.6 Å². The highest BCUT2D eigenvalue weighted by molar-refractivity contribution is 5.86. The lowest BCUT2D eigenvalue weighted by molar-refractivity contribution is 0.466. The molecule has 0 amide bonds. The normalized spacial score (nSPS) is 13.5. The maximum absolute atomic E-state index is 4.45. The van der Waals surface area contributed by atoms with Crippen LogP contribution in [0.5, 0.6) is 0 Å². The number of nitrogens with zero attached hydrogens (tertiary/aromatic N) is 11. The van der Waals surface area contributed by atoms with Crippen LogP contribution in [0.4, 0.5) is 0 Å². The number of H-pyrrole nitrogens is 1. The molecular weight excluding hydrogens is 614 g/mol. The standard InChI is InChI=1S/C8H15N.C6H10N2.C6H12N2.C6H10N2.2C5H9N3/c1-7(2)8-5-3-4-6-9-8;1-6(2)8-5-3-4-7-8;2*1-5(2)6-7-3-4-8-6;1-5(2)8-4-3-6-7-8;1-5(2)8-6-3-4-7-8/h7H,3-6H2,1-2H3;3-6H,1-2H3;5H,3-4H2,1-2H3,(H,7,8);3-5H,1-2H3,(H,7,8);2*3-5H,1-2H3. The Morgan fingerprint density at radius 3 is 1.59 bits per heavy atom. The van der Waals surface area contributed by atoms with Crippen molar-refractivity contribution in [1.29, 1.82) is 0 Å². The van der Waals surface area contributed by atoms with Crippen LogP contribution >= 0.6 is 0 Å². The molecule has 2 aliphatic rings. The largest absolute Gasteiger partial charge is 0.372 e. The Morgan fingerprint density at radius 1 is 0.633 bits per heavy atom. The zero-order valence-electron chi connectivity index (χ0n) is 32.3. The van der Waals surface area contributed by atoms with Gasteiger partial charge in [-0.3, -0.25) is 19.3 Å². The van der Waals surface area contributed by atoms with E-state index in [1.807, 2.05) is 43.2 Å². The summed E-state index contributed by atoms with van der Waals surface area (Å²) in [6.07, 6.45) is 18.2. The van der Waals surface area contributed by atoms with Crippen LogP contribution in [0.2, 0.25) is 0 Å². The fraction of sp³-hybridized carbons (Fsp3) is 0.667. The van der Waals surface area contributed by atoms with Gasteiger partial charge in [-0.05, 0) is 72.8 Å². The topological polar surface area (TPSA) is 145 Å². The van der Waals surface area contributed by atoms with Crippen molar-refractivity contribution in [2.75, 3.05) is 19.6 Å². The minimum Gasteiger partial charge on any atom is -0.372 e.